The Morgan fingerprint density at radius 2 is 2.25 bits per heavy atom. The highest BCUT2D eigenvalue weighted by molar-refractivity contribution is 4.63. The molecule has 1 fully saturated rings. The van der Waals surface area contributed by atoms with Crippen LogP contribution < -0.4 is 0 Å². The zero-order valence-corrected chi connectivity index (χ0v) is 7.36. The number of aliphatic hydroxyl groups excluding tert-OH is 1. The van der Waals surface area contributed by atoms with Crippen LogP contribution in [0.25, 0.3) is 0 Å². The molecule has 1 aliphatic heterocycles. The molecule has 0 radical (unpaired) electrons. The highest BCUT2D eigenvalue weighted by Crippen LogP contribution is 2.06. The first kappa shape index (κ1) is 9.92. The summed E-state index contributed by atoms with van der Waals surface area (Å²) in [7, 11) is 0. The molecule has 72 valence electrons. The van der Waals surface area contributed by atoms with E-state index >= 15 is 0 Å². The van der Waals surface area contributed by atoms with Gasteiger partial charge in [0.2, 0.25) is 0 Å². The average molecular weight is 176 g/mol. The molecule has 1 saturated heterocycles. The second-order valence-electron chi connectivity index (χ2n) is 2.90. The molecule has 2 unspecified atom stereocenters. The summed E-state index contributed by atoms with van der Waals surface area (Å²) in [6.07, 6.45) is 0.229. The predicted octanol–water partition coefficient (Wildman–Crippen LogP) is -0.201. The topological polar surface area (TPSA) is 47.9 Å². The van der Waals surface area contributed by atoms with Crippen LogP contribution in [-0.2, 0) is 14.2 Å². The van der Waals surface area contributed by atoms with Crippen LogP contribution in [0.5, 0.6) is 0 Å². The molecule has 0 saturated carbocycles. The lowest BCUT2D eigenvalue weighted by molar-refractivity contribution is -0.147. The van der Waals surface area contributed by atoms with Gasteiger partial charge in [0.15, 0.2) is 0 Å². The monoisotopic (exact) mass is 176 g/mol. The number of rotatable bonds is 4. The van der Waals surface area contributed by atoms with Gasteiger partial charge in [0.1, 0.15) is 6.10 Å². The molecule has 0 aliphatic carbocycles. The third-order valence-corrected chi connectivity index (χ3v) is 1.67. The average Bonchev–Trinajstić information content (AvgIpc) is 2.09. The van der Waals surface area contributed by atoms with Gasteiger partial charge in [0.25, 0.3) is 0 Å². The summed E-state index contributed by atoms with van der Waals surface area (Å²) in [5, 5.41) is 8.44. The van der Waals surface area contributed by atoms with Crippen LogP contribution in [0.4, 0.5) is 0 Å². The fourth-order valence-corrected chi connectivity index (χ4v) is 1.01. The minimum atomic E-state index is 0.0350. The molecular formula is C8H16O4. The van der Waals surface area contributed by atoms with E-state index in [9.17, 15) is 0 Å². The summed E-state index contributed by atoms with van der Waals surface area (Å²) in [6.45, 7) is 4.14. The highest BCUT2D eigenvalue weighted by Gasteiger charge is 2.18. The number of hydrogen-bond acceptors (Lipinski definition) is 4. The second-order valence-corrected chi connectivity index (χ2v) is 2.90. The van der Waals surface area contributed by atoms with Crippen LogP contribution in [0, 0.1) is 0 Å². The van der Waals surface area contributed by atoms with Crippen LogP contribution in [0.15, 0.2) is 0 Å². The van der Waals surface area contributed by atoms with Gasteiger partial charge in [-0.25, -0.2) is 0 Å². The summed E-state index contributed by atoms with van der Waals surface area (Å²) in [5.74, 6) is 0. The Balaban J connectivity index is 2.01. The van der Waals surface area contributed by atoms with Gasteiger partial charge >= 0.3 is 0 Å². The largest absolute Gasteiger partial charge is 0.394 e. The molecule has 1 heterocycles. The van der Waals surface area contributed by atoms with Crippen LogP contribution in [0.2, 0.25) is 0 Å². The van der Waals surface area contributed by atoms with E-state index < -0.39 is 0 Å². The molecule has 1 rings (SSSR count). The van der Waals surface area contributed by atoms with Crippen molar-refractivity contribution in [2.75, 3.05) is 33.0 Å². The van der Waals surface area contributed by atoms with E-state index in [0.29, 0.717) is 26.4 Å². The Morgan fingerprint density at radius 3 is 2.83 bits per heavy atom. The molecule has 0 aromatic rings. The first-order chi connectivity index (χ1) is 5.83. The molecule has 12 heavy (non-hydrogen) atoms. The molecule has 0 aromatic heterocycles. The van der Waals surface area contributed by atoms with E-state index in [1.807, 2.05) is 6.92 Å². The van der Waals surface area contributed by atoms with E-state index in [1.165, 1.54) is 0 Å². The van der Waals surface area contributed by atoms with Crippen molar-refractivity contribution in [3.05, 3.63) is 0 Å². The molecule has 0 aromatic carbocycles. The van der Waals surface area contributed by atoms with Crippen molar-refractivity contribution in [1.82, 2.24) is 0 Å². The molecule has 4 nitrogen and oxygen atoms in total. The quantitative estimate of drug-likeness (QED) is 0.603. The third-order valence-electron chi connectivity index (χ3n) is 1.67. The number of hydrogen-bond donors (Lipinski definition) is 1. The minimum absolute atomic E-state index is 0.0350. The first-order valence-corrected chi connectivity index (χ1v) is 4.24. The molecule has 2 atom stereocenters. The van der Waals surface area contributed by atoms with Gasteiger partial charge in [-0.2, -0.15) is 0 Å². The van der Waals surface area contributed by atoms with Gasteiger partial charge in [-0.3, -0.25) is 0 Å². The zero-order valence-electron chi connectivity index (χ0n) is 7.36. The van der Waals surface area contributed by atoms with Crippen molar-refractivity contribution in [2.24, 2.45) is 0 Å². The smallest absolute Gasteiger partial charge is 0.104 e. The lowest BCUT2D eigenvalue weighted by Crippen LogP contribution is -2.37. The normalized spacial score (nSPS) is 30.5. The lowest BCUT2D eigenvalue weighted by atomic mass is 10.3. The van der Waals surface area contributed by atoms with Gasteiger partial charge in [-0.1, -0.05) is 0 Å². The third kappa shape index (κ3) is 3.49. The van der Waals surface area contributed by atoms with Crippen molar-refractivity contribution < 1.29 is 19.3 Å². The van der Waals surface area contributed by atoms with Crippen LogP contribution in [0.1, 0.15) is 6.92 Å². The van der Waals surface area contributed by atoms with Crippen molar-refractivity contribution in [1.29, 1.82) is 0 Å². The summed E-state index contributed by atoms with van der Waals surface area (Å²) < 4.78 is 15.9. The van der Waals surface area contributed by atoms with Crippen LogP contribution >= 0.6 is 0 Å². The Kier molecular flexibility index (Phi) is 4.53. The molecule has 1 N–H and O–H groups in total. The summed E-state index contributed by atoms with van der Waals surface area (Å²) in [4.78, 5) is 0. The molecule has 0 bridgehead atoms. The van der Waals surface area contributed by atoms with E-state index in [4.69, 9.17) is 19.3 Å². The van der Waals surface area contributed by atoms with Crippen LogP contribution in [-0.4, -0.2) is 50.3 Å². The number of aliphatic hydroxyl groups is 1. The van der Waals surface area contributed by atoms with E-state index in [-0.39, 0.29) is 18.8 Å². The van der Waals surface area contributed by atoms with Gasteiger partial charge in [0.05, 0.1) is 39.1 Å². The van der Waals surface area contributed by atoms with Gasteiger partial charge in [0, 0.05) is 0 Å². The second kappa shape index (κ2) is 5.48. The Bertz CT molecular complexity index is 110. The molecule has 0 amide bonds. The van der Waals surface area contributed by atoms with Gasteiger partial charge in [-0.05, 0) is 6.92 Å². The predicted molar refractivity (Wildman–Crippen MR) is 43.1 cm³/mol. The Hall–Kier alpha value is -0.160. The first-order valence-electron chi connectivity index (χ1n) is 4.24. The van der Waals surface area contributed by atoms with E-state index in [0.717, 1.165) is 0 Å². The minimum Gasteiger partial charge on any atom is -0.394 e. The summed E-state index contributed by atoms with van der Waals surface area (Å²) in [6, 6.07) is 0. The Labute approximate surface area is 72.4 Å². The van der Waals surface area contributed by atoms with Crippen LogP contribution in [0.3, 0.4) is 0 Å². The van der Waals surface area contributed by atoms with Crippen molar-refractivity contribution in [3.63, 3.8) is 0 Å². The van der Waals surface area contributed by atoms with E-state index in [1.54, 1.807) is 0 Å². The van der Waals surface area contributed by atoms with Crippen molar-refractivity contribution in [3.8, 4) is 0 Å². The Morgan fingerprint density at radius 1 is 1.42 bits per heavy atom. The number of ether oxygens (including phenoxy) is 3. The van der Waals surface area contributed by atoms with Crippen molar-refractivity contribution in [2.45, 2.75) is 19.1 Å². The zero-order chi connectivity index (χ0) is 8.81. The highest BCUT2D eigenvalue weighted by atomic mass is 16.6. The van der Waals surface area contributed by atoms with E-state index in [2.05, 4.69) is 0 Å². The molecule has 4 heteroatoms. The molecule has 0 spiro atoms. The fourth-order valence-electron chi connectivity index (χ4n) is 1.01. The SMILES string of the molecule is CC1COC(COCCO)CO1. The standard InChI is InChI=1S/C8H16O4/c1-7-4-12-8(6-11-7)5-10-3-2-9/h7-9H,2-6H2,1H3. The molecular weight excluding hydrogens is 160 g/mol. The van der Waals surface area contributed by atoms with Gasteiger partial charge in [-0.15, -0.1) is 0 Å². The maximum atomic E-state index is 8.44. The summed E-state index contributed by atoms with van der Waals surface area (Å²) >= 11 is 0. The fraction of sp³-hybridized carbons (Fsp3) is 1.00. The maximum absolute atomic E-state index is 8.44. The van der Waals surface area contributed by atoms with Crippen molar-refractivity contribution >= 4 is 0 Å². The molecule has 1 aliphatic rings. The lowest BCUT2D eigenvalue weighted by Gasteiger charge is -2.27. The maximum Gasteiger partial charge on any atom is 0.104 e. The van der Waals surface area contributed by atoms with Gasteiger partial charge < -0.3 is 19.3 Å². The summed E-state index contributed by atoms with van der Waals surface area (Å²) in [5.41, 5.74) is 0.